The fourth-order valence-corrected chi connectivity index (χ4v) is 2.60. The maximum atomic E-state index is 12.6. The Balaban J connectivity index is 1.90. The number of nitrogens with zero attached hydrogens (tertiary/aromatic N) is 4. The fraction of sp³-hybridized carbons (Fsp3) is 0.250. The average Bonchev–Trinajstić information content (AvgIpc) is 2.71. The molecule has 0 aliphatic rings. The molecule has 0 aliphatic carbocycles. The SMILES string of the molecule is CCn1cc(C(=O)OC(C)c2ccncc2)nc(Nc2cnccc2C)c1=O. The highest BCUT2D eigenvalue weighted by atomic mass is 16.5. The maximum Gasteiger partial charge on any atom is 0.359 e. The van der Waals surface area contributed by atoms with Gasteiger partial charge in [0.1, 0.15) is 6.10 Å². The van der Waals surface area contributed by atoms with Gasteiger partial charge in [0.05, 0.1) is 11.9 Å². The number of ether oxygens (including phenoxy) is 1. The van der Waals surface area contributed by atoms with Gasteiger partial charge in [0.2, 0.25) is 0 Å². The average molecular weight is 379 g/mol. The number of carbonyl (C=O) groups is 1. The molecule has 0 radical (unpaired) electrons. The van der Waals surface area contributed by atoms with Crippen molar-refractivity contribution < 1.29 is 9.53 Å². The molecular weight excluding hydrogens is 358 g/mol. The van der Waals surface area contributed by atoms with Crippen molar-refractivity contribution in [2.75, 3.05) is 5.32 Å². The minimum Gasteiger partial charge on any atom is -0.453 e. The summed E-state index contributed by atoms with van der Waals surface area (Å²) in [4.78, 5) is 37.4. The lowest BCUT2D eigenvalue weighted by atomic mass is 10.2. The van der Waals surface area contributed by atoms with Crippen LogP contribution < -0.4 is 10.9 Å². The second-order valence-electron chi connectivity index (χ2n) is 6.21. The highest BCUT2D eigenvalue weighted by Gasteiger charge is 2.19. The van der Waals surface area contributed by atoms with E-state index in [4.69, 9.17) is 4.74 Å². The minimum absolute atomic E-state index is 0.0453. The molecule has 3 rings (SSSR count). The lowest BCUT2D eigenvalue weighted by molar-refractivity contribution is 0.0329. The summed E-state index contributed by atoms with van der Waals surface area (Å²) in [5.74, 6) is -0.568. The zero-order chi connectivity index (χ0) is 20.1. The van der Waals surface area contributed by atoms with Gasteiger partial charge < -0.3 is 14.6 Å². The van der Waals surface area contributed by atoms with E-state index in [9.17, 15) is 9.59 Å². The molecule has 0 fully saturated rings. The molecule has 3 heterocycles. The summed E-state index contributed by atoms with van der Waals surface area (Å²) in [5.41, 5.74) is 2.08. The number of esters is 1. The van der Waals surface area contributed by atoms with Gasteiger partial charge in [-0.1, -0.05) is 0 Å². The van der Waals surface area contributed by atoms with Crippen LogP contribution in [0.25, 0.3) is 0 Å². The van der Waals surface area contributed by atoms with Crippen LogP contribution >= 0.6 is 0 Å². The first-order chi connectivity index (χ1) is 13.5. The summed E-state index contributed by atoms with van der Waals surface area (Å²) >= 11 is 0. The van der Waals surface area contributed by atoms with Crippen molar-refractivity contribution in [1.82, 2.24) is 19.5 Å². The monoisotopic (exact) mass is 379 g/mol. The smallest absolute Gasteiger partial charge is 0.359 e. The Morgan fingerprint density at radius 2 is 1.93 bits per heavy atom. The highest BCUT2D eigenvalue weighted by molar-refractivity contribution is 5.87. The van der Waals surface area contributed by atoms with Gasteiger partial charge in [0, 0.05) is 31.3 Å². The predicted octanol–water partition coefficient (Wildman–Crippen LogP) is 3.02. The largest absolute Gasteiger partial charge is 0.453 e. The number of aromatic nitrogens is 4. The van der Waals surface area contributed by atoms with Gasteiger partial charge in [0.15, 0.2) is 11.5 Å². The third-order valence-corrected chi connectivity index (χ3v) is 4.28. The normalized spacial score (nSPS) is 11.7. The molecule has 144 valence electrons. The third kappa shape index (κ3) is 4.22. The molecule has 0 aromatic carbocycles. The van der Waals surface area contributed by atoms with Crippen LogP contribution in [-0.2, 0) is 11.3 Å². The molecule has 0 saturated carbocycles. The quantitative estimate of drug-likeness (QED) is 0.657. The second kappa shape index (κ2) is 8.43. The standard InChI is InChI=1S/C20H21N5O3/c1-4-25-12-17(20(27)28-14(3)15-6-9-21-10-7-15)24-18(19(25)26)23-16-11-22-8-5-13(16)2/h5-12,14H,4H2,1-3H3,(H,23,24). The molecule has 28 heavy (non-hydrogen) atoms. The summed E-state index contributed by atoms with van der Waals surface area (Å²) in [5, 5.41) is 2.97. The summed E-state index contributed by atoms with van der Waals surface area (Å²) in [6.07, 6.45) is 7.46. The first-order valence-corrected chi connectivity index (χ1v) is 8.89. The molecule has 0 saturated heterocycles. The van der Waals surface area contributed by atoms with Gasteiger partial charge in [-0.15, -0.1) is 0 Å². The van der Waals surface area contributed by atoms with Crippen molar-refractivity contribution in [3.63, 3.8) is 0 Å². The molecule has 1 N–H and O–H groups in total. The maximum absolute atomic E-state index is 12.6. The van der Waals surface area contributed by atoms with Crippen molar-refractivity contribution in [1.29, 1.82) is 0 Å². The van der Waals surface area contributed by atoms with Gasteiger partial charge in [0.25, 0.3) is 5.56 Å². The fourth-order valence-electron chi connectivity index (χ4n) is 2.60. The number of carbonyl (C=O) groups excluding carboxylic acids is 1. The van der Waals surface area contributed by atoms with Crippen molar-refractivity contribution >= 4 is 17.5 Å². The number of hydrogen-bond donors (Lipinski definition) is 1. The van der Waals surface area contributed by atoms with Crippen molar-refractivity contribution in [3.05, 3.63) is 76.4 Å². The van der Waals surface area contributed by atoms with Crippen molar-refractivity contribution in [3.8, 4) is 0 Å². The van der Waals surface area contributed by atoms with E-state index in [2.05, 4.69) is 20.3 Å². The first kappa shape index (κ1) is 19.2. The van der Waals surface area contributed by atoms with E-state index in [1.165, 1.54) is 10.8 Å². The van der Waals surface area contributed by atoms with Gasteiger partial charge in [-0.2, -0.15) is 0 Å². The topological polar surface area (TPSA) is 99.0 Å². The number of pyridine rings is 2. The van der Waals surface area contributed by atoms with Crippen LogP contribution in [0.4, 0.5) is 11.5 Å². The summed E-state index contributed by atoms with van der Waals surface area (Å²) in [7, 11) is 0. The Bertz CT molecular complexity index is 1030. The van der Waals surface area contributed by atoms with Crippen LogP contribution in [-0.4, -0.2) is 25.5 Å². The van der Waals surface area contributed by atoms with E-state index in [0.717, 1.165) is 11.1 Å². The Kier molecular flexibility index (Phi) is 5.78. The zero-order valence-electron chi connectivity index (χ0n) is 15.9. The minimum atomic E-state index is -0.613. The van der Waals surface area contributed by atoms with Crippen LogP contribution in [0.1, 0.15) is 41.6 Å². The number of rotatable bonds is 6. The third-order valence-electron chi connectivity index (χ3n) is 4.28. The molecular formula is C20H21N5O3. The molecule has 0 spiro atoms. The molecule has 0 aliphatic heterocycles. The van der Waals surface area contributed by atoms with E-state index in [0.29, 0.717) is 12.2 Å². The van der Waals surface area contributed by atoms with Gasteiger partial charge in [-0.25, -0.2) is 9.78 Å². The van der Waals surface area contributed by atoms with Crippen molar-refractivity contribution in [2.24, 2.45) is 0 Å². The highest BCUT2D eigenvalue weighted by Crippen LogP contribution is 2.19. The van der Waals surface area contributed by atoms with E-state index in [1.54, 1.807) is 43.8 Å². The Labute approximate surface area is 162 Å². The molecule has 1 unspecified atom stereocenters. The predicted molar refractivity (Wildman–Crippen MR) is 104 cm³/mol. The van der Waals surface area contributed by atoms with Crippen LogP contribution in [0.15, 0.2) is 54.0 Å². The lowest BCUT2D eigenvalue weighted by Crippen LogP contribution is -2.26. The molecule has 8 heteroatoms. The van der Waals surface area contributed by atoms with E-state index in [-0.39, 0.29) is 17.1 Å². The van der Waals surface area contributed by atoms with Gasteiger partial charge >= 0.3 is 5.97 Å². The molecule has 0 bridgehead atoms. The van der Waals surface area contributed by atoms with Gasteiger partial charge in [-0.3, -0.25) is 14.8 Å². The first-order valence-electron chi connectivity index (χ1n) is 8.89. The van der Waals surface area contributed by atoms with Crippen LogP contribution in [0.5, 0.6) is 0 Å². The van der Waals surface area contributed by atoms with Crippen LogP contribution in [0, 0.1) is 6.92 Å². The second-order valence-corrected chi connectivity index (χ2v) is 6.21. The van der Waals surface area contributed by atoms with Crippen molar-refractivity contribution in [2.45, 2.75) is 33.4 Å². The number of hydrogen-bond acceptors (Lipinski definition) is 7. The van der Waals surface area contributed by atoms with Crippen LogP contribution in [0.2, 0.25) is 0 Å². The molecule has 3 aromatic rings. The Morgan fingerprint density at radius 3 is 2.61 bits per heavy atom. The lowest BCUT2D eigenvalue weighted by Gasteiger charge is -2.15. The summed E-state index contributed by atoms with van der Waals surface area (Å²) in [6, 6.07) is 5.36. The van der Waals surface area contributed by atoms with Gasteiger partial charge in [-0.05, 0) is 50.1 Å². The Morgan fingerprint density at radius 1 is 1.21 bits per heavy atom. The zero-order valence-corrected chi connectivity index (χ0v) is 15.9. The van der Waals surface area contributed by atoms with Crippen LogP contribution in [0.3, 0.4) is 0 Å². The summed E-state index contributed by atoms with van der Waals surface area (Å²) in [6.45, 7) is 5.86. The number of anilines is 2. The Hall–Kier alpha value is -3.55. The number of aryl methyl sites for hydroxylation is 2. The molecule has 1 atom stereocenters. The molecule has 3 aromatic heterocycles. The number of nitrogens with one attached hydrogen (secondary N) is 1. The molecule has 8 nitrogen and oxygen atoms in total. The summed E-state index contributed by atoms with van der Waals surface area (Å²) < 4.78 is 6.92. The molecule has 0 amide bonds. The van der Waals surface area contributed by atoms with E-state index >= 15 is 0 Å². The van der Waals surface area contributed by atoms with E-state index < -0.39 is 12.1 Å². The van der Waals surface area contributed by atoms with E-state index in [1.807, 2.05) is 19.9 Å².